The number of nitrogens with zero attached hydrogens (tertiary/aromatic N) is 4. The molecule has 4 amide bonds. The van der Waals surface area contributed by atoms with Crippen LogP contribution in [0.25, 0.3) is 33.6 Å². The van der Waals surface area contributed by atoms with Gasteiger partial charge < -0.3 is 54.1 Å². The molecule has 0 spiro atoms. The van der Waals surface area contributed by atoms with Gasteiger partial charge in [-0.25, -0.2) is 19.6 Å². The van der Waals surface area contributed by atoms with Crippen molar-refractivity contribution in [2.24, 2.45) is 0 Å². The quantitative estimate of drug-likeness (QED) is 0.0946. The zero-order valence-electron chi connectivity index (χ0n) is 35.5. The average Bonchev–Trinajstić information content (AvgIpc) is 4.13. The monoisotopic (exact) mass is 842 g/mol. The van der Waals surface area contributed by atoms with Crippen LogP contribution in [-0.4, -0.2) is 133 Å². The van der Waals surface area contributed by atoms with Crippen molar-refractivity contribution in [1.82, 2.24) is 40.4 Å². The van der Waals surface area contributed by atoms with Crippen molar-refractivity contribution in [2.45, 2.75) is 82.3 Å². The highest BCUT2D eigenvalue weighted by molar-refractivity contribution is 5.88. The Balaban J connectivity index is 1.18. The number of nitrogens with one attached hydrogen (secondary N) is 4. The molecule has 4 aromatic rings. The zero-order valence-corrected chi connectivity index (χ0v) is 35.5. The van der Waals surface area contributed by atoms with E-state index < -0.39 is 48.5 Å². The van der Waals surface area contributed by atoms with E-state index in [0.717, 1.165) is 34.4 Å². The first kappa shape index (κ1) is 44.3. The summed E-state index contributed by atoms with van der Waals surface area (Å²) in [6.07, 6.45) is 1.88. The molecule has 0 unspecified atom stereocenters. The highest BCUT2D eigenvalue weighted by Gasteiger charge is 2.40. The average molecular weight is 843 g/mol. The van der Waals surface area contributed by atoms with Crippen molar-refractivity contribution in [3.63, 3.8) is 0 Å². The van der Waals surface area contributed by atoms with E-state index in [1.54, 1.807) is 29.8 Å². The number of likely N-dealkylation sites (tertiary alicyclic amines) is 2. The minimum absolute atomic E-state index is 0.0551. The van der Waals surface area contributed by atoms with Gasteiger partial charge in [0.25, 0.3) is 0 Å². The lowest BCUT2D eigenvalue weighted by atomic mass is 10.0. The minimum atomic E-state index is -0.983. The third-order valence-corrected chi connectivity index (χ3v) is 11.5. The fourth-order valence-corrected chi connectivity index (χ4v) is 7.88. The topological polar surface area (TPSA) is 219 Å². The van der Waals surface area contributed by atoms with Crippen molar-refractivity contribution in [3.05, 3.63) is 72.1 Å². The highest BCUT2D eigenvalue weighted by Crippen LogP contribution is 2.36. The van der Waals surface area contributed by atoms with Gasteiger partial charge in [-0.1, -0.05) is 48.5 Å². The molecule has 0 aliphatic carbocycles. The van der Waals surface area contributed by atoms with E-state index in [9.17, 15) is 24.0 Å². The van der Waals surface area contributed by atoms with Crippen molar-refractivity contribution in [2.75, 3.05) is 48.6 Å². The predicted molar refractivity (Wildman–Crippen MR) is 222 cm³/mol. The van der Waals surface area contributed by atoms with Crippen LogP contribution in [0.15, 0.2) is 54.7 Å². The maximum absolute atomic E-state index is 13.8. The Kier molecular flexibility index (Phi) is 14.4. The lowest BCUT2D eigenvalue weighted by Gasteiger charge is -2.30. The van der Waals surface area contributed by atoms with Gasteiger partial charge in [0, 0.05) is 32.9 Å². The molecule has 61 heavy (non-hydrogen) atoms. The third kappa shape index (κ3) is 9.86. The van der Waals surface area contributed by atoms with E-state index in [-0.39, 0.29) is 24.3 Å². The van der Waals surface area contributed by atoms with Crippen LogP contribution < -0.4 is 10.6 Å². The van der Waals surface area contributed by atoms with E-state index in [4.69, 9.17) is 28.7 Å². The Morgan fingerprint density at radius 2 is 1.15 bits per heavy atom. The number of hydrogen-bond donors (Lipinski definition) is 4. The molecular weight excluding hydrogens is 789 g/mol. The molecule has 0 radical (unpaired) electrons. The maximum Gasteiger partial charge on any atom is 0.407 e. The fraction of sp³-hybridized carbons (Fsp3) is 0.465. The van der Waals surface area contributed by atoms with Gasteiger partial charge in [-0.2, -0.15) is 0 Å². The number of methoxy groups -OCH3 is 5. The number of imidazole rings is 2. The summed E-state index contributed by atoms with van der Waals surface area (Å²) in [6.45, 7) is 4.38. The van der Waals surface area contributed by atoms with E-state index >= 15 is 0 Å². The van der Waals surface area contributed by atoms with Crippen molar-refractivity contribution in [1.29, 1.82) is 0 Å². The molecule has 0 bridgehead atoms. The Morgan fingerprint density at radius 1 is 0.672 bits per heavy atom. The molecule has 326 valence electrons. The summed E-state index contributed by atoms with van der Waals surface area (Å²) in [5.74, 6) is 0.135. The number of alkyl carbamates (subject to hydrolysis) is 2. The molecule has 2 fully saturated rings. The van der Waals surface area contributed by atoms with Gasteiger partial charge in [-0.05, 0) is 56.2 Å². The first-order valence-electron chi connectivity index (χ1n) is 20.2. The molecule has 2 aromatic carbocycles. The third-order valence-electron chi connectivity index (χ3n) is 11.5. The molecule has 2 aliphatic rings. The van der Waals surface area contributed by atoms with Crippen LogP contribution in [-0.2, 0) is 44.5 Å². The molecule has 6 atom stereocenters. The molecule has 18 nitrogen and oxygen atoms in total. The van der Waals surface area contributed by atoms with Gasteiger partial charge in [0.2, 0.25) is 11.8 Å². The molecule has 2 aliphatic heterocycles. The number of aromatic amines is 2. The van der Waals surface area contributed by atoms with Crippen LogP contribution in [0.2, 0.25) is 0 Å². The predicted octanol–water partition coefficient (Wildman–Crippen LogP) is 4.70. The normalized spacial score (nSPS) is 18.2. The summed E-state index contributed by atoms with van der Waals surface area (Å²) in [4.78, 5) is 83.9. The summed E-state index contributed by atoms with van der Waals surface area (Å²) in [5.41, 5.74) is 5.52. The van der Waals surface area contributed by atoms with Crippen LogP contribution in [0.4, 0.5) is 9.59 Å². The molecule has 2 saturated heterocycles. The number of amides is 4. The number of esters is 1. The van der Waals surface area contributed by atoms with Gasteiger partial charge in [-0.3, -0.25) is 14.4 Å². The maximum atomic E-state index is 13.8. The smallest absolute Gasteiger partial charge is 0.407 e. The Hall–Kier alpha value is -6.27. The molecular formula is C43H54N8O10. The number of ether oxygens (including phenoxy) is 5. The minimum Gasteiger partial charge on any atom is -0.469 e. The number of rotatable bonds is 15. The second kappa shape index (κ2) is 19.9. The van der Waals surface area contributed by atoms with Gasteiger partial charge in [0.1, 0.15) is 23.7 Å². The fourth-order valence-electron chi connectivity index (χ4n) is 7.88. The number of aromatic nitrogens is 4. The van der Waals surface area contributed by atoms with Crippen LogP contribution in [0.3, 0.4) is 0 Å². The molecule has 18 heteroatoms. The number of hydrogen-bond acceptors (Lipinski definition) is 12. The van der Waals surface area contributed by atoms with Gasteiger partial charge in [-0.15, -0.1) is 0 Å². The molecule has 6 rings (SSSR count). The molecule has 2 aromatic heterocycles. The van der Waals surface area contributed by atoms with E-state index in [1.165, 1.54) is 35.5 Å². The number of carbonyl (C=O) groups is 5. The summed E-state index contributed by atoms with van der Waals surface area (Å²) in [6, 6.07) is 13.2. The Bertz CT molecular complexity index is 2170. The molecule has 0 saturated carbocycles. The first-order chi connectivity index (χ1) is 29.4. The molecule has 4 N–H and O–H groups in total. The summed E-state index contributed by atoms with van der Waals surface area (Å²) >= 11 is 0. The number of H-pyrrole nitrogens is 2. The Labute approximate surface area is 354 Å². The van der Waals surface area contributed by atoms with Crippen molar-refractivity contribution >= 4 is 30.0 Å². The second-order valence-corrected chi connectivity index (χ2v) is 15.0. The largest absolute Gasteiger partial charge is 0.469 e. The summed E-state index contributed by atoms with van der Waals surface area (Å²) < 4.78 is 25.3. The van der Waals surface area contributed by atoms with Crippen molar-refractivity contribution < 1.29 is 47.7 Å². The van der Waals surface area contributed by atoms with Crippen molar-refractivity contribution in [3.8, 4) is 33.6 Å². The van der Waals surface area contributed by atoms with E-state index in [2.05, 4.69) is 25.6 Å². The first-order valence-corrected chi connectivity index (χ1v) is 20.2. The number of benzene rings is 2. The van der Waals surface area contributed by atoms with E-state index in [1.807, 2.05) is 48.5 Å². The Morgan fingerprint density at radius 3 is 1.62 bits per heavy atom. The standard InChI is InChI=1S/C43H54N8O10/c1-24(57-3)35(48-42(55)60-6)40(53)50-20-8-10-32(50)38-44-23-31(46-38)28-16-12-26(13-17-28)27-14-18-29(19-15-27)37-30(22-34(52)59-5)45-39(47-37)33-11-9-21-51(33)41(54)36(25(2)58-4)49-43(56)61-7/h12-19,23-25,32-33,35-36H,8-11,20-22H2,1-7H3,(H,44,46)(H,45,47)(H,48,55)(H,49,56)/t24-,25-,32+,33+,35+,36+/m1/s1. The number of carbonyl (C=O) groups excluding carboxylic acids is 5. The second-order valence-electron chi connectivity index (χ2n) is 15.0. The van der Waals surface area contributed by atoms with Crippen LogP contribution in [0.1, 0.15) is 69.0 Å². The lowest BCUT2D eigenvalue weighted by Crippen LogP contribution is -2.54. The van der Waals surface area contributed by atoms with Gasteiger partial charge in [0.15, 0.2) is 0 Å². The van der Waals surface area contributed by atoms with Gasteiger partial charge >= 0.3 is 18.2 Å². The van der Waals surface area contributed by atoms with Gasteiger partial charge in [0.05, 0.1) is 75.3 Å². The SMILES string of the molecule is COC(=O)Cc1[nH]c([C@@H]2CCCN2C(=O)[C@@H](NC(=O)OC)[C@@H](C)OC)nc1-c1ccc(-c2ccc(-c3cnc([C@@H]4CCCN4C(=O)[C@@H](NC(=O)OC)[C@@H](C)OC)[nH]3)cc2)cc1. The summed E-state index contributed by atoms with van der Waals surface area (Å²) in [5, 5.41) is 5.21. The summed E-state index contributed by atoms with van der Waals surface area (Å²) in [7, 11) is 6.75. The van der Waals surface area contributed by atoms with E-state index in [0.29, 0.717) is 55.4 Å². The van der Waals surface area contributed by atoms with Crippen LogP contribution in [0.5, 0.6) is 0 Å². The molecule has 4 heterocycles. The lowest BCUT2D eigenvalue weighted by molar-refractivity contribution is -0.140. The van der Waals surface area contributed by atoms with Crippen LogP contribution in [0, 0.1) is 0 Å². The highest BCUT2D eigenvalue weighted by atomic mass is 16.5. The zero-order chi connectivity index (χ0) is 43.8. The van der Waals surface area contributed by atoms with Crippen LogP contribution >= 0.6 is 0 Å².